The lowest BCUT2D eigenvalue weighted by Gasteiger charge is -2.25. The van der Waals surface area contributed by atoms with Crippen molar-refractivity contribution >= 4 is 11.8 Å². The van der Waals surface area contributed by atoms with Crippen molar-refractivity contribution in [1.82, 2.24) is 10.6 Å². The number of rotatable bonds is 8. The van der Waals surface area contributed by atoms with Gasteiger partial charge in [-0.1, -0.05) is 38.1 Å². The summed E-state index contributed by atoms with van der Waals surface area (Å²) in [6.07, 6.45) is 0. The summed E-state index contributed by atoms with van der Waals surface area (Å²) >= 11 is 0. The van der Waals surface area contributed by atoms with Gasteiger partial charge in [-0.25, -0.2) is 0 Å². The lowest BCUT2D eigenvalue weighted by molar-refractivity contribution is 0.0917. The van der Waals surface area contributed by atoms with E-state index in [4.69, 9.17) is 9.47 Å². The molecular formula is C21H26N2O4. The molecule has 0 aliphatic carbocycles. The van der Waals surface area contributed by atoms with Crippen molar-refractivity contribution in [2.45, 2.75) is 13.8 Å². The van der Waals surface area contributed by atoms with Crippen LogP contribution in [0, 0.1) is 5.41 Å². The fraction of sp³-hybridized carbons (Fsp3) is 0.333. The first-order chi connectivity index (χ1) is 12.9. The van der Waals surface area contributed by atoms with Gasteiger partial charge in [-0.15, -0.1) is 0 Å². The molecule has 0 atom stereocenters. The predicted octanol–water partition coefficient (Wildman–Crippen LogP) is 2.89. The maximum absolute atomic E-state index is 12.4. The lowest BCUT2D eigenvalue weighted by Crippen LogP contribution is -2.42. The smallest absolute Gasteiger partial charge is 0.255 e. The number of para-hydroxylation sites is 2. The van der Waals surface area contributed by atoms with Crippen molar-refractivity contribution in [3.05, 3.63) is 59.7 Å². The Morgan fingerprint density at radius 3 is 1.52 bits per heavy atom. The Bertz CT molecular complexity index is 737. The van der Waals surface area contributed by atoms with E-state index in [2.05, 4.69) is 10.6 Å². The first-order valence-corrected chi connectivity index (χ1v) is 8.70. The number of amides is 2. The van der Waals surface area contributed by atoms with Crippen LogP contribution in [0.15, 0.2) is 48.5 Å². The standard InChI is InChI=1S/C21H26N2O4/c1-21(2,13-22-19(24)15-9-5-7-11-17(15)26-3)14-23-20(25)16-10-6-8-12-18(16)27-4/h5-12H,13-14H2,1-4H3,(H,22,24)(H,23,25). The molecule has 2 aromatic carbocycles. The monoisotopic (exact) mass is 370 g/mol. The Labute approximate surface area is 159 Å². The van der Waals surface area contributed by atoms with Crippen LogP contribution in [0.3, 0.4) is 0 Å². The molecule has 2 N–H and O–H groups in total. The van der Waals surface area contributed by atoms with Gasteiger partial charge in [-0.2, -0.15) is 0 Å². The molecule has 0 spiro atoms. The van der Waals surface area contributed by atoms with E-state index in [0.717, 1.165) is 0 Å². The molecule has 0 aliphatic rings. The van der Waals surface area contributed by atoms with Crippen LogP contribution >= 0.6 is 0 Å². The van der Waals surface area contributed by atoms with Crippen LogP contribution in [0.2, 0.25) is 0 Å². The van der Waals surface area contributed by atoms with Crippen molar-refractivity contribution < 1.29 is 19.1 Å². The van der Waals surface area contributed by atoms with E-state index in [-0.39, 0.29) is 17.2 Å². The quantitative estimate of drug-likeness (QED) is 0.749. The average Bonchev–Trinajstić information content (AvgIpc) is 2.70. The molecule has 0 bridgehead atoms. The third-order valence-electron chi connectivity index (χ3n) is 4.16. The summed E-state index contributed by atoms with van der Waals surface area (Å²) in [4.78, 5) is 24.8. The van der Waals surface area contributed by atoms with E-state index in [1.807, 2.05) is 26.0 Å². The van der Waals surface area contributed by atoms with Crippen molar-refractivity contribution in [2.75, 3.05) is 27.3 Å². The predicted molar refractivity (Wildman–Crippen MR) is 104 cm³/mol. The molecule has 0 saturated heterocycles. The highest BCUT2D eigenvalue weighted by Crippen LogP contribution is 2.20. The maximum Gasteiger partial charge on any atom is 0.255 e. The highest BCUT2D eigenvalue weighted by molar-refractivity contribution is 5.97. The molecule has 0 radical (unpaired) electrons. The second-order valence-corrected chi connectivity index (χ2v) is 6.93. The van der Waals surface area contributed by atoms with Gasteiger partial charge in [0.25, 0.3) is 11.8 Å². The molecule has 2 aromatic rings. The Kier molecular flexibility index (Phi) is 6.82. The third-order valence-corrected chi connectivity index (χ3v) is 4.16. The number of carbonyl (C=O) groups is 2. The van der Waals surface area contributed by atoms with Gasteiger partial charge < -0.3 is 20.1 Å². The summed E-state index contributed by atoms with van der Waals surface area (Å²) in [5.74, 6) is 0.628. The molecule has 144 valence electrons. The zero-order chi connectivity index (χ0) is 19.9. The van der Waals surface area contributed by atoms with Gasteiger partial charge in [-0.05, 0) is 29.7 Å². The normalized spacial score (nSPS) is 10.8. The number of hydrogen-bond acceptors (Lipinski definition) is 4. The molecule has 0 unspecified atom stereocenters. The molecule has 0 fully saturated rings. The second-order valence-electron chi connectivity index (χ2n) is 6.93. The van der Waals surface area contributed by atoms with Crippen LogP contribution in [-0.2, 0) is 0 Å². The summed E-state index contributed by atoms with van der Waals surface area (Å²) in [5, 5.41) is 5.81. The zero-order valence-electron chi connectivity index (χ0n) is 16.2. The molecule has 6 heteroatoms. The highest BCUT2D eigenvalue weighted by Gasteiger charge is 2.22. The van der Waals surface area contributed by atoms with Gasteiger partial charge in [0.05, 0.1) is 25.3 Å². The molecule has 6 nitrogen and oxygen atoms in total. The first-order valence-electron chi connectivity index (χ1n) is 8.70. The van der Waals surface area contributed by atoms with Crippen LogP contribution in [-0.4, -0.2) is 39.1 Å². The van der Waals surface area contributed by atoms with Gasteiger partial charge in [0.1, 0.15) is 11.5 Å². The van der Waals surface area contributed by atoms with E-state index >= 15 is 0 Å². The van der Waals surface area contributed by atoms with Crippen LogP contribution in [0.1, 0.15) is 34.6 Å². The topological polar surface area (TPSA) is 76.7 Å². The first kappa shape index (κ1) is 20.3. The fourth-order valence-corrected chi connectivity index (χ4v) is 2.56. The van der Waals surface area contributed by atoms with Gasteiger partial charge in [0.15, 0.2) is 0 Å². The molecule has 2 amide bonds. The minimum absolute atomic E-state index is 0.211. The minimum Gasteiger partial charge on any atom is -0.496 e. The molecule has 0 saturated carbocycles. The van der Waals surface area contributed by atoms with E-state index < -0.39 is 0 Å². The number of carbonyl (C=O) groups excluding carboxylic acids is 2. The summed E-state index contributed by atoms with van der Waals surface area (Å²) in [7, 11) is 3.06. The summed E-state index contributed by atoms with van der Waals surface area (Å²) < 4.78 is 10.4. The molecule has 2 rings (SSSR count). The van der Waals surface area contributed by atoms with E-state index in [1.165, 1.54) is 14.2 Å². The van der Waals surface area contributed by atoms with Crippen LogP contribution in [0.4, 0.5) is 0 Å². The van der Waals surface area contributed by atoms with Crippen molar-refractivity contribution in [3.8, 4) is 11.5 Å². The van der Waals surface area contributed by atoms with Gasteiger partial charge in [0.2, 0.25) is 0 Å². The van der Waals surface area contributed by atoms with Gasteiger partial charge >= 0.3 is 0 Å². The second kappa shape index (κ2) is 9.07. The maximum atomic E-state index is 12.4. The largest absolute Gasteiger partial charge is 0.496 e. The Morgan fingerprint density at radius 2 is 1.15 bits per heavy atom. The summed E-state index contributed by atoms with van der Waals surface area (Å²) in [6.45, 7) is 4.74. The average molecular weight is 370 g/mol. The number of ether oxygens (including phenoxy) is 2. The summed E-state index contributed by atoms with van der Waals surface area (Å²) in [5.41, 5.74) is 0.623. The SMILES string of the molecule is COc1ccccc1C(=O)NCC(C)(C)CNC(=O)c1ccccc1OC. The Balaban J connectivity index is 1.93. The molecular weight excluding hydrogens is 344 g/mol. The van der Waals surface area contributed by atoms with Gasteiger partial charge in [0, 0.05) is 13.1 Å². The molecule has 0 aromatic heterocycles. The number of nitrogens with one attached hydrogen (secondary N) is 2. The lowest BCUT2D eigenvalue weighted by atomic mass is 9.93. The Hall–Kier alpha value is -3.02. The van der Waals surface area contributed by atoms with Crippen molar-refractivity contribution in [1.29, 1.82) is 0 Å². The fourth-order valence-electron chi connectivity index (χ4n) is 2.56. The molecule has 0 heterocycles. The minimum atomic E-state index is -0.338. The zero-order valence-corrected chi connectivity index (χ0v) is 16.2. The number of hydrogen-bond donors (Lipinski definition) is 2. The van der Waals surface area contributed by atoms with E-state index in [9.17, 15) is 9.59 Å². The van der Waals surface area contributed by atoms with Crippen LogP contribution < -0.4 is 20.1 Å². The number of methoxy groups -OCH3 is 2. The molecule has 0 aliphatic heterocycles. The Morgan fingerprint density at radius 1 is 0.778 bits per heavy atom. The third kappa shape index (κ3) is 5.48. The number of benzene rings is 2. The van der Waals surface area contributed by atoms with Crippen LogP contribution in [0.25, 0.3) is 0 Å². The molecule has 27 heavy (non-hydrogen) atoms. The van der Waals surface area contributed by atoms with E-state index in [0.29, 0.717) is 35.7 Å². The van der Waals surface area contributed by atoms with Crippen molar-refractivity contribution in [3.63, 3.8) is 0 Å². The summed E-state index contributed by atoms with van der Waals surface area (Å²) in [6, 6.07) is 14.1. The highest BCUT2D eigenvalue weighted by atomic mass is 16.5. The van der Waals surface area contributed by atoms with E-state index in [1.54, 1.807) is 36.4 Å². The van der Waals surface area contributed by atoms with Crippen molar-refractivity contribution in [2.24, 2.45) is 5.41 Å². The van der Waals surface area contributed by atoms with Gasteiger partial charge in [-0.3, -0.25) is 9.59 Å². The van der Waals surface area contributed by atoms with Crippen LogP contribution in [0.5, 0.6) is 11.5 Å².